The monoisotopic (exact) mass is 569 g/mol. The van der Waals surface area contributed by atoms with Crippen molar-refractivity contribution in [3.8, 4) is 28.7 Å². The number of hydrogen-bond donors (Lipinski definition) is 0. The van der Waals surface area contributed by atoms with Gasteiger partial charge in [0.25, 0.3) is 5.56 Å². The third-order valence-electron chi connectivity index (χ3n) is 5.48. The molecule has 0 radical (unpaired) electrons. The number of ether oxygens (including phenoxy) is 2. The van der Waals surface area contributed by atoms with E-state index in [0.717, 1.165) is 22.6 Å². The fourth-order valence-corrected chi connectivity index (χ4v) is 4.20. The van der Waals surface area contributed by atoms with Gasteiger partial charge in [-0.2, -0.15) is 4.98 Å². The number of aromatic nitrogens is 5. The Bertz CT molecular complexity index is 1490. The molecule has 0 amide bonds. The van der Waals surface area contributed by atoms with E-state index in [-0.39, 0.29) is 28.4 Å². The van der Waals surface area contributed by atoms with Gasteiger partial charge in [-0.15, -0.1) is 0 Å². The summed E-state index contributed by atoms with van der Waals surface area (Å²) >= 11 is 9.92. The number of hydrogen-bond acceptors (Lipinski definition) is 7. The number of nitrogens with zero attached hydrogens (tertiary/aromatic N) is 5. The van der Waals surface area contributed by atoms with Crippen LogP contribution >= 0.6 is 27.5 Å². The van der Waals surface area contributed by atoms with Gasteiger partial charge in [0.2, 0.25) is 11.8 Å². The summed E-state index contributed by atoms with van der Waals surface area (Å²) in [5, 5.41) is 0.405. The second kappa shape index (κ2) is 10.8. The minimum absolute atomic E-state index is 0.118. The molecule has 10 heteroatoms. The molecule has 0 bridgehead atoms. The molecule has 4 rings (SSSR count). The molecule has 0 unspecified atom stereocenters. The van der Waals surface area contributed by atoms with Gasteiger partial charge in [0, 0.05) is 23.7 Å². The van der Waals surface area contributed by atoms with Gasteiger partial charge in [0.1, 0.15) is 22.7 Å². The number of rotatable bonds is 7. The topological polar surface area (TPSA) is 92.0 Å². The minimum Gasteiger partial charge on any atom is -0.481 e. The molecule has 0 saturated heterocycles. The molecular weight excluding hydrogens is 546 g/mol. The first kappa shape index (κ1) is 25.8. The molecule has 4 aromatic rings. The molecular formula is C26H25BrClN5O3. The van der Waals surface area contributed by atoms with Gasteiger partial charge >= 0.3 is 0 Å². The molecule has 3 heterocycles. The Hall–Kier alpha value is -3.30. The first-order chi connectivity index (χ1) is 17.2. The zero-order chi connectivity index (χ0) is 26.0. The van der Waals surface area contributed by atoms with E-state index in [9.17, 15) is 4.79 Å². The summed E-state index contributed by atoms with van der Waals surface area (Å²) in [5.74, 6) is 1.98. The van der Waals surface area contributed by atoms with Gasteiger partial charge in [-0.05, 0) is 53.5 Å². The van der Waals surface area contributed by atoms with Crippen LogP contribution in [0.2, 0.25) is 5.02 Å². The lowest BCUT2D eigenvalue weighted by atomic mass is 10.1. The fraction of sp³-hybridized carbons (Fsp3) is 0.269. The Morgan fingerprint density at radius 3 is 2.61 bits per heavy atom. The van der Waals surface area contributed by atoms with E-state index in [1.54, 1.807) is 32.2 Å². The summed E-state index contributed by atoms with van der Waals surface area (Å²) < 4.78 is 12.6. The zero-order valence-corrected chi connectivity index (χ0v) is 22.9. The van der Waals surface area contributed by atoms with E-state index < -0.39 is 0 Å². The highest BCUT2D eigenvalue weighted by Crippen LogP contribution is 2.30. The van der Waals surface area contributed by atoms with E-state index in [1.165, 1.54) is 4.57 Å². The molecule has 8 nitrogen and oxygen atoms in total. The van der Waals surface area contributed by atoms with Gasteiger partial charge < -0.3 is 9.47 Å². The number of halogens is 2. The number of pyridine rings is 1. The first-order valence-electron chi connectivity index (χ1n) is 11.2. The Morgan fingerprint density at radius 2 is 1.89 bits per heavy atom. The van der Waals surface area contributed by atoms with Gasteiger partial charge in [-0.3, -0.25) is 9.36 Å². The van der Waals surface area contributed by atoms with Gasteiger partial charge in [-0.1, -0.05) is 37.6 Å². The summed E-state index contributed by atoms with van der Waals surface area (Å²) in [6.07, 6.45) is 1.81. The van der Waals surface area contributed by atoms with Crippen molar-refractivity contribution in [2.45, 2.75) is 40.2 Å². The van der Waals surface area contributed by atoms with Crippen LogP contribution in [-0.4, -0.2) is 31.6 Å². The second-order valence-corrected chi connectivity index (χ2v) is 9.66. The van der Waals surface area contributed by atoms with Crippen LogP contribution in [0, 0.1) is 13.8 Å². The first-order valence-corrected chi connectivity index (χ1v) is 12.4. The lowest BCUT2D eigenvalue weighted by Crippen LogP contribution is -2.24. The standard InChI is InChI=1S/C26H25BrClN5O3/c1-14(2)24-29-12-15(3)23(32-24)17-9-10-19(28)20(11-17)33-16(4)30-25(22(27)26(33)34)36-13-18-7-6-8-21(31-18)35-5/h6-12,14H,13H2,1-5H3. The molecule has 0 N–H and O–H groups in total. The van der Waals surface area contributed by atoms with Crippen molar-refractivity contribution in [1.82, 2.24) is 24.5 Å². The maximum atomic E-state index is 13.4. The normalized spacial score (nSPS) is 11.1. The number of methoxy groups -OCH3 is 1. The Balaban J connectivity index is 1.73. The SMILES string of the molecule is COc1cccc(COc2nc(C)n(-c3cc(-c4nc(C(C)C)ncc4C)ccc3Cl)c(=O)c2Br)n1. The summed E-state index contributed by atoms with van der Waals surface area (Å²) in [7, 11) is 1.55. The molecule has 36 heavy (non-hydrogen) atoms. The van der Waals surface area contributed by atoms with E-state index in [1.807, 2.05) is 45.2 Å². The van der Waals surface area contributed by atoms with E-state index in [2.05, 4.69) is 30.9 Å². The maximum absolute atomic E-state index is 13.4. The highest BCUT2D eigenvalue weighted by molar-refractivity contribution is 9.10. The molecule has 0 fully saturated rings. The van der Waals surface area contributed by atoms with Crippen LogP contribution in [0.25, 0.3) is 16.9 Å². The lowest BCUT2D eigenvalue weighted by molar-refractivity contribution is 0.282. The number of benzene rings is 1. The molecule has 186 valence electrons. The van der Waals surface area contributed by atoms with Crippen LogP contribution in [0.5, 0.6) is 11.8 Å². The number of aryl methyl sites for hydroxylation is 2. The Kier molecular flexibility index (Phi) is 7.70. The van der Waals surface area contributed by atoms with Crippen LogP contribution < -0.4 is 15.0 Å². The van der Waals surface area contributed by atoms with Crippen molar-refractivity contribution < 1.29 is 9.47 Å². The zero-order valence-electron chi connectivity index (χ0n) is 20.5. The van der Waals surface area contributed by atoms with Gasteiger partial charge in [0.05, 0.1) is 29.2 Å². The van der Waals surface area contributed by atoms with Crippen LogP contribution in [0.3, 0.4) is 0 Å². The highest BCUT2D eigenvalue weighted by Gasteiger charge is 2.19. The minimum atomic E-state index is -0.350. The summed E-state index contributed by atoms with van der Waals surface area (Å²) in [6, 6.07) is 10.8. The highest BCUT2D eigenvalue weighted by atomic mass is 79.9. The fourth-order valence-electron chi connectivity index (χ4n) is 3.61. The predicted octanol–water partition coefficient (Wildman–Crippen LogP) is 5.83. The summed E-state index contributed by atoms with van der Waals surface area (Å²) in [5.41, 5.74) is 3.32. The lowest BCUT2D eigenvalue weighted by Gasteiger charge is -2.16. The molecule has 0 aliphatic carbocycles. The second-order valence-electron chi connectivity index (χ2n) is 8.46. The van der Waals surface area contributed by atoms with Crippen molar-refractivity contribution in [2.24, 2.45) is 0 Å². The third kappa shape index (κ3) is 5.27. The average Bonchev–Trinajstić information content (AvgIpc) is 2.87. The van der Waals surface area contributed by atoms with Crippen LogP contribution in [0.15, 0.2) is 51.9 Å². The van der Waals surface area contributed by atoms with E-state index in [0.29, 0.717) is 28.1 Å². The third-order valence-corrected chi connectivity index (χ3v) is 6.48. The van der Waals surface area contributed by atoms with Crippen molar-refractivity contribution in [2.75, 3.05) is 7.11 Å². The smallest absolute Gasteiger partial charge is 0.276 e. The van der Waals surface area contributed by atoms with E-state index >= 15 is 0 Å². The molecule has 0 atom stereocenters. The Labute approximate surface area is 222 Å². The molecule has 3 aromatic heterocycles. The van der Waals surface area contributed by atoms with Crippen LogP contribution in [0.4, 0.5) is 0 Å². The molecule has 1 aromatic carbocycles. The maximum Gasteiger partial charge on any atom is 0.276 e. The quantitative estimate of drug-likeness (QED) is 0.276. The Morgan fingerprint density at radius 1 is 1.11 bits per heavy atom. The summed E-state index contributed by atoms with van der Waals surface area (Å²) in [4.78, 5) is 31.4. The summed E-state index contributed by atoms with van der Waals surface area (Å²) in [6.45, 7) is 7.88. The molecule has 0 aliphatic heterocycles. The molecule has 0 saturated carbocycles. The predicted molar refractivity (Wildman–Crippen MR) is 142 cm³/mol. The molecule has 0 spiro atoms. The average molecular weight is 571 g/mol. The van der Waals surface area contributed by atoms with Crippen molar-refractivity contribution in [1.29, 1.82) is 0 Å². The van der Waals surface area contributed by atoms with Crippen LogP contribution in [0.1, 0.15) is 42.7 Å². The largest absolute Gasteiger partial charge is 0.481 e. The van der Waals surface area contributed by atoms with Crippen molar-refractivity contribution >= 4 is 27.5 Å². The van der Waals surface area contributed by atoms with Gasteiger partial charge in [-0.25, -0.2) is 15.0 Å². The van der Waals surface area contributed by atoms with Crippen molar-refractivity contribution in [3.63, 3.8) is 0 Å². The van der Waals surface area contributed by atoms with E-state index in [4.69, 9.17) is 26.1 Å². The van der Waals surface area contributed by atoms with Gasteiger partial charge in [0.15, 0.2) is 0 Å². The van der Waals surface area contributed by atoms with Crippen LogP contribution in [-0.2, 0) is 6.61 Å². The molecule has 0 aliphatic rings. The van der Waals surface area contributed by atoms with Crippen molar-refractivity contribution in [3.05, 3.63) is 85.4 Å².